The van der Waals surface area contributed by atoms with E-state index >= 15 is 0 Å². The maximum Gasteiger partial charge on any atom is 0.254 e. The van der Waals surface area contributed by atoms with E-state index in [0.29, 0.717) is 12.1 Å². The Kier molecular flexibility index (Phi) is 6.37. The molecule has 2 rings (SSSR count). The fourth-order valence-electron chi connectivity index (χ4n) is 2.94. The molecular weight excluding hydrogens is 326 g/mol. The number of nitrogens with zero attached hydrogens (tertiary/aromatic N) is 1. The first-order valence-electron chi connectivity index (χ1n) is 8.49. The van der Waals surface area contributed by atoms with Gasteiger partial charge in [0.2, 0.25) is 10.0 Å². The van der Waals surface area contributed by atoms with E-state index in [9.17, 15) is 13.2 Å². The molecule has 1 atom stereocenters. The predicted octanol–water partition coefficient (Wildman–Crippen LogP) is 1.59. The van der Waals surface area contributed by atoms with Crippen molar-refractivity contribution in [3.8, 4) is 0 Å². The minimum atomic E-state index is -3.61. The van der Waals surface area contributed by atoms with Crippen molar-refractivity contribution in [2.24, 2.45) is 0 Å². The molecule has 1 heterocycles. The van der Waals surface area contributed by atoms with Gasteiger partial charge >= 0.3 is 0 Å². The Hall–Kier alpha value is -1.44. The number of hydrogen-bond acceptors (Lipinski definition) is 4. The second-order valence-corrected chi connectivity index (χ2v) is 8.16. The van der Waals surface area contributed by atoms with Gasteiger partial charge in [-0.05, 0) is 51.4 Å². The standard InChI is InChI=1S/C17H27N3O3S/c1-4-10-20(15-8-9-18-12-15)17(21)14-6-5-7-16(11-14)24(22,23)19-13(2)3/h5-7,11,13,15,18-19H,4,8-10,12H2,1-3H3. The van der Waals surface area contributed by atoms with Crippen LogP contribution in [0.25, 0.3) is 0 Å². The maximum atomic E-state index is 12.9. The summed E-state index contributed by atoms with van der Waals surface area (Å²) in [5, 5.41) is 3.28. The van der Waals surface area contributed by atoms with Crippen molar-refractivity contribution in [2.75, 3.05) is 19.6 Å². The summed E-state index contributed by atoms with van der Waals surface area (Å²) in [6.45, 7) is 7.94. The van der Waals surface area contributed by atoms with Crippen LogP contribution in [0.1, 0.15) is 44.0 Å². The summed E-state index contributed by atoms with van der Waals surface area (Å²) in [5.41, 5.74) is 0.419. The quantitative estimate of drug-likeness (QED) is 0.780. The molecule has 1 aromatic rings. The third kappa shape index (κ3) is 4.55. The average molecular weight is 353 g/mol. The molecule has 24 heavy (non-hydrogen) atoms. The van der Waals surface area contributed by atoms with Crippen LogP contribution in [0, 0.1) is 0 Å². The Morgan fingerprint density at radius 1 is 1.42 bits per heavy atom. The number of sulfonamides is 1. The lowest BCUT2D eigenvalue weighted by atomic mass is 10.1. The average Bonchev–Trinajstić information content (AvgIpc) is 3.05. The molecule has 0 aliphatic carbocycles. The van der Waals surface area contributed by atoms with E-state index in [0.717, 1.165) is 25.9 Å². The van der Waals surface area contributed by atoms with Crippen LogP contribution in [0.15, 0.2) is 29.2 Å². The van der Waals surface area contributed by atoms with Gasteiger partial charge in [0.05, 0.1) is 4.90 Å². The Bertz CT molecular complexity index is 667. The Labute approximate surface area is 144 Å². The number of hydrogen-bond donors (Lipinski definition) is 2. The first-order valence-corrected chi connectivity index (χ1v) is 9.97. The predicted molar refractivity (Wildman–Crippen MR) is 94.5 cm³/mol. The zero-order chi connectivity index (χ0) is 17.7. The van der Waals surface area contributed by atoms with Crippen molar-refractivity contribution in [2.45, 2.75) is 50.6 Å². The van der Waals surface area contributed by atoms with Gasteiger partial charge in [-0.2, -0.15) is 0 Å². The molecule has 134 valence electrons. The molecule has 0 spiro atoms. The van der Waals surface area contributed by atoms with Gasteiger partial charge in [0.15, 0.2) is 0 Å². The van der Waals surface area contributed by atoms with Crippen LogP contribution in [0.3, 0.4) is 0 Å². The fourth-order valence-corrected chi connectivity index (χ4v) is 4.23. The zero-order valence-corrected chi connectivity index (χ0v) is 15.4. The minimum absolute atomic E-state index is 0.104. The van der Waals surface area contributed by atoms with E-state index in [1.165, 1.54) is 12.1 Å². The highest BCUT2D eigenvalue weighted by Gasteiger charge is 2.27. The summed E-state index contributed by atoms with van der Waals surface area (Å²) in [4.78, 5) is 14.9. The second kappa shape index (κ2) is 8.09. The van der Waals surface area contributed by atoms with Crippen molar-refractivity contribution in [3.05, 3.63) is 29.8 Å². The molecule has 0 bridgehead atoms. The number of nitrogens with one attached hydrogen (secondary N) is 2. The first-order chi connectivity index (χ1) is 11.3. The SMILES string of the molecule is CCCN(C(=O)c1cccc(S(=O)(=O)NC(C)C)c1)C1CCNC1. The van der Waals surface area contributed by atoms with Gasteiger partial charge in [-0.25, -0.2) is 13.1 Å². The normalized spacial score (nSPS) is 18.1. The van der Waals surface area contributed by atoms with Crippen LogP contribution in [0.5, 0.6) is 0 Å². The number of carbonyl (C=O) groups excluding carboxylic acids is 1. The van der Waals surface area contributed by atoms with E-state index in [1.807, 2.05) is 11.8 Å². The molecule has 1 saturated heterocycles. The van der Waals surface area contributed by atoms with Gasteiger partial charge in [-0.3, -0.25) is 4.79 Å². The van der Waals surface area contributed by atoms with E-state index in [1.54, 1.807) is 26.0 Å². The molecule has 1 aliphatic rings. The van der Waals surface area contributed by atoms with Crippen molar-refractivity contribution < 1.29 is 13.2 Å². The largest absolute Gasteiger partial charge is 0.334 e. The van der Waals surface area contributed by atoms with Gasteiger partial charge in [-0.1, -0.05) is 13.0 Å². The molecule has 1 aliphatic heterocycles. The lowest BCUT2D eigenvalue weighted by Gasteiger charge is -2.28. The van der Waals surface area contributed by atoms with Crippen LogP contribution in [-0.2, 0) is 10.0 Å². The van der Waals surface area contributed by atoms with E-state index in [4.69, 9.17) is 0 Å². The van der Waals surface area contributed by atoms with Crippen LogP contribution in [-0.4, -0.2) is 50.9 Å². The highest BCUT2D eigenvalue weighted by Crippen LogP contribution is 2.17. The molecule has 1 unspecified atom stereocenters. The summed E-state index contributed by atoms with van der Waals surface area (Å²) < 4.78 is 27.2. The lowest BCUT2D eigenvalue weighted by Crippen LogP contribution is -2.42. The first kappa shape index (κ1) is 18.9. The smallest absolute Gasteiger partial charge is 0.254 e. The molecule has 1 aromatic carbocycles. The Balaban J connectivity index is 2.27. The molecular formula is C17H27N3O3S. The molecule has 1 fully saturated rings. The van der Waals surface area contributed by atoms with Crippen LogP contribution in [0.4, 0.5) is 0 Å². The number of rotatable bonds is 7. The molecule has 1 amide bonds. The van der Waals surface area contributed by atoms with Gasteiger partial charge in [0, 0.05) is 30.7 Å². The molecule has 2 N–H and O–H groups in total. The van der Waals surface area contributed by atoms with Crippen LogP contribution >= 0.6 is 0 Å². The summed E-state index contributed by atoms with van der Waals surface area (Å²) in [5.74, 6) is -0.104. The molecule has 0 radical (unpaired) electrons. The third-order valence-corrected chi connectivity index (χ3v) is 5.64. The summed E-state index contributed by atoms with van der Waals surface area (Å²) in [6.07, 6.45) is 1.80. The van der Waals surface area contributed by atoms with Crippen molar-refractivity contribution >= 4 is 15.9 Å². The van der Waals surface area contributed by atoms with Gasteiger partial charge < -0.3 is 10.2 Å². The number of carbonyl (C=O) groups is 1. The van der Waals surface area contributed by atoms with Crippen LogP contribution in [0.2, 0.25) is 0 Å². The third-order valence-electron chi connectivity index (χ3n) is 3.98. The van der Waals surface area contributed by atoms with E-state index in [2.05, 4.69) is 10.0 Å². The second-order valence-electron chi connectivity index (χ2n) is 6.45. The number of benzene rings is 1. The van der Waals surface area contributed by atoms with Gasteiger partial charge in [0.25, 0.3) is 5.91 Å². The topological polar surface area (TPSA) is 78.5 Å². The minimum Gasteiger partial charge on any atom is -0.334 e. The van der Waals surface area contributed by atoms with Crippen molar-refractivity contribution in [3.63, 3.8) is 0 Å². The molecule has 0 saturated carbocycles. The van der Waals surface area contributed by atoms with Crippen molar-refractivity contribution in [1.82, 2.24) is 14.9 Å². The van der Waals surface area contributed by atoms with Gasteiger partial charge in [0.1, 0.15) is 0 Å². The van der Waals surface area contributed by atoms with Gasteiger partial charge in [-0.15, -0.1) is 0 Å². The Morgan fingerprint density at radius 2 is 2.17 bits per heavy atom. The lowest BCUT2D eigenvalue weighted by molar-refractivity contribution is 0.0692. The highest BCUT2D eigenvalue weighted by atomic mass is 32.2. The Morgan fingerprint density at radius 3 is 2.75 bits per heavy atom. The monoisotopic (exact) mass is 353 g/mol. The van der Waals surface area contributed by atoms with E-state index < -0.39 is 10.0 Å². The summed E-state index contributed by atoms with van der Waals surface area (Å²) >= 11 is 0. The van der Waals surface area contributed by atoms with Crippen LogP contribution < -0.4 is 10.0 Å². The summed E-state index contributed by atoms with van der Waals surface area (Å²) in [6, 6.07) is 6.27. The molecule has 6 nitrogen and oxygen atoms in total. The fraction of sp³-hybridized carbons (Fsp3) is 0.588. The maximum absolute atomic E-state index is 12.9. The summed E-state index contributed by atoms with van der Waals surface area (Å²) in [7, 11) is -3.61. The van der Waals surface area contributed by atoms with E-state index in [-0.39, 0.29) is 22.9 Å². The number of amides is 1. The highest BCUT2D eigenvalue weighted by molar-refractivity contribution is 7.89. The zero-order valence-electron chi connectivity index (χ0n) is 14.6. The van der Waals surface area contributed by atoms with Crippen molar-refractivity contribution in [1.29, 1.82) is 0 Å². The molecule has 7 heteroatoms. The molecule has 0 aromatic heterocycles.